The van der Waals surface area contributed by atoms with Crippen molar-refractivity contribution in [3.63, 3.8) is 0 Å². The molecular formula is C28H28N2O5. The molecule has 6 rings (SSSR count). The van der Waals surface area contributed by atoms with Gasteiger partial charge in [-0.2, -0.15) is 0 Å². The van der Waals surface area contributed by atoms with E-state index in [1.165, 1.54) is 22.3 Å². The minimum atomic E-state index is -0.909. The molecule has 180 valence electrons. The fraction of sp³-hybridized carbons (Fsp3) is 0.393. The Morgan fingerprint density at radius 1 is 1.03 bits per heavy atom. The summed E-state index contributed by atoms with van der Waals surface area (Å²) in [5, 5.41) is 12.1. The summed E-state index contributed by atoms with van der Waals surface area (Å²) in [4.78, 5) is 38.8. The first-order chi connectivity index (χ1) is 17.0. The molecule has 2 amide bonds. The summed E-state index contributed by atoms with van der Waals surface area (Å²) in [5.41, 5.74) is 4.70. The van der Waals surface area contributed by atoms with Crippen LogP contribution < -0.4 is 5.32 Å². The molecule has 2 aromatic carbocycles. The molecule has 35 heavy (non-hydrogen) atoms. The Morgan fingerprint density at radius 3 is 2.34 bits per heavy atom. The molecule has 2 aromatic rings. The minimum absolute atomic E-state index is 0.0147. The van der Waals surface area contributed by atoms with E-state index in [-0.39, 0.29) is 30.4 Å². The first-order valence-corrected chi connectivity index (χ1v) is 12.3. The minimum Gasteiger partial charge on any atom is -0.478 e. The van der Waals surface area contributed by atoms with Crippen LogP contribution >= 0.6 is 0 Å². The lowest BCUT2D eigenvalue weighted by Gasteiger charge is -2.29. The van der Waals surface area contributed by atoms with E-state index in [2.05, 4.69) is 29.6 Å². The summed E-state index contributed by atoms with van der Waals surface area (Å²) >= 11 is 0. The quantitative estimate of drug-likeness (QED) is 0.687. The highest BCUT2D eigenvalue weighted by Crippen LogP contribution is 2.64. The number of ether oxygens (including phenoxy) is 1. The van der Waals surface area contributed by atoms with Crippen LogP contribution in [0.2, 0.25) is 0 Å². The SMILES string of the molecule is O=C(N[C@H]1C[C@@H]2C[C@]2(C(=O)N2CC=C(C(=O)O)CC2)C1)OCC1c2ccccc2-c2ccccc21. The molecule has 1 heterocycles. The third kappa shape index (κ3) is 3.70. The number of carboxylic acids is 1. The van der Waals surface area contributed by atoms with Crippen LogP contribution in [0.15, 0.2) is 60.2 Å². The summed E-state index contributed by atoms with van der Waals surface area (Å²) in [7, 11) is 0. The Hall–Kier alpha value is -3.61. The number of fused-ring (bicyclic) bond motifs is 4. The number of amides is 2. The number of benzene rings is 2. The fourth-order valence-corrected chi connectivity index (χ4v) is 6.43. The van der Waals surface area contributed by atoms with Gasteiger partial charge >= 0.3 is 12.1 Å². The molecule has 0 radical (unpaired) electrons. The van der Waals surface area contributed by atoms with Crippen molar-refractivity contribution in [1.29, 1.82) is 0 Å². The Labute approximate surface area is 203 Å². The number of nitrogens with zero attached hydrogens (tertiary/aromatic N) is 1. The zero-order valence-corrected chi connectivity index (χ0v) is 19.4. The van der Waals surface area contributed by atoms with Gasteiger partial charge in [0.1, 0.15) is 6.61 Å². The van der Waals surface area contributed by atoms with E-state index < -0.39 is 17.5 Å². The van der Waals surface area contributed by atoms with E-state index in [1.54, 1.807) is 11.0 Å². The molecule has 0 bridgehead atoms. The van der Waals surface area contributed by atoms with Gasteiger partial charge in [0.2, 0.25) is 5.91 Å². The van der Waals surface area contributed by atoms with E-state index in [0.717, 1.165) is 12.8 Å². The smallest absolute Gasteiger partial charge is 0.407 e. The van der Waals surface area contributed by atoms with E-state index in [4.69, 9.17) is 9.84 Å². The molecular weight excluding hydrogens is 444 g/mol. The van der Waals surface area contributed by atoms with Crippen LogP contribution in [0, 0.1) is 11.3 Å². The van der Waals surface area contributed by atoms with E-state index in [0.29, 0.717) is 31.5 Å². The molecule has 2 N–H and O–H groups in total. The molecule has 0 spiro atoms. The van der Waals surface area contributed by atoms with Crippen LogP contribution in [0.1, 0.15) is 42.7 Å². The average molecular weight is 473 g/mol. The molecule has 7 heteroatoms. The highest BCUT2D eigenvalue weighted by Gasteiger charge is 2.66. The van der Waals surface area contributed by atoms with Crippen LogP contribution in [0.25, 0.3) is 11.1 Å². The van der Waals surface area contributed by atoms with Gasteiger partial charge in [-0.1, -0.05) is 54.6 Å². The van der Waals surface area contributed by atoms with Crippen molar-refractivity contribution in [2.45, 2.75) is 37.6 Å². The predicted molar refractivity (Wildman–Crippen MR) is 129 cm³/mol. The lowest BCUT2D eigenvalue weighted by atomic mass is 9.98. The third-order valence-electron chi connectivity index (χ3n) is 8.27. The van der Waals surface area contributed by atoms with Gasteiger partial charge in [0.05, 0.1) is 5.41 Å². The standard InChI is InChI=1S/C28H28N2O5/c31-25(32)17-9-11-30(12-10-17)26(33)28-14-18(28)13-19(15-28)29-27(34)35-16-24-22-7-3-1-5-20(22)21-6-2-4-8-23(21)24/h1-9,18-19,24H,10-16H2,(H,29,34)(H,31,32)/t18-,19+,28+/m1/s1. The van der Waals surface area contributed by atoms with Crippen LogP contribution in [-0.2, 0) is 14.3 Å². The second-order valence-electron chi connectivity index (χ2n) is 10.2. The van der Waals surface area contributed by atoms with Gasteiger partial charge in [-0.15, -0.1) is 0 Å². The molecule has 0 unspecified atom stereocenters. The number of nitrogens with one attached hydrogen (secondary N) is 1. The number of carboxylic acid groups (broad SMARTS) is 1. The zero-order chi connectivity index (χ0) is 24.2. The Kier molecular flexibility index (Phi) is 5.16. The summed E-state index contributed by atoms with van der Waals surface area (Å²) < 4.78 is 5.69. The number of carbonyl (C=O) groups is 3. The van der Waals surface area contributed by atoms with Gasteiger partial charge in [0, 0.05) is 30.6 Å². The van der Waals surface area contributed by atoms with Gasteiger partial charge in [0.15, 0.2) is 0 Å². The fourth-order valence-electron chi connectivity index (χ4n) is 6.43. The van der Waals surface area contributed by atoms with Crippen LogP contribution in [0.3, 0.4) is 0 Å². The second-order valence-corrected chi connectivity index (χ2v) is 10.2. The highest BCUT2D eigenvalue weighted by atomic mass is 16.5. The summed E-state index contributed by atoms with van der Waals surface area (Å²) in [6.45, 7) is 1.06. The third-order valence-corrected chi connectivity index (χ3v) is 8.27. The molecule has 2 saturated carbocycles. The zero-order valence-electron chi connectivity index (χ0n) is 19.4. The number of aliphatic carboxylic acids is 1. The van der Waals surface area contributed by atoms with Gasteiger partial charge in [-0.3, -0.25) is 4.79 Å². The van der Waals surface area contributed by atoms with E-state index in [9.17, 15) is 14.4 Å². The van der Waals surface area contributed by atoms with Gasteiger partial charge in [0.25, 0.3) is 0 Å². The molecule has 0 saturated heterocycles. The van der Waals surface area contributed by atoms with Crippen molar-refractivity contribution in [3.8, 4) is 11.1 Å². The highest BCUT2D eigenvalue weighted by molar-refractivity contribution is 5.90. The Morgan fingerprint density at radius 2 is 1.71 bits per heavy atom. The topological polar surface area (TPSA) is 95.9 Å². The maximum absolute atomic E-state index is 13.2. The molecule has 3 aliphatic carbocycles. The monoisotopic (exact) mass is 472 g/mol. The van der Waals surface area contributed by atoms with Gasteiger partial charge in [-0.25, -0.2) is 9.59 Å². The summed E-state index contributed by atoms with van der Waals surface area (Å²) in [6.07, 6.45) is 3.82. The number of rotatable bonds is 5. The first-order valence-electron chi connectivity index (χ1n) is 12.3. The molecule has 0 aromatic heterocycles. The molecule has 4 aliphatic rings. The lowest BCUT2D eigenvalue weighted by molar-refractivity contribution is -0.138. The maximum Gasteiger partial charge on any atom is 0.407 e. The normalized spacial score (nSPS) is 26.3. The average Bonchev–Trinajstić information content (AvgIpc) is 3.30. The van der Waals surface area contributed by atoms with Crippen LogP contribution in [-0.4, -0.2) is 53.7 Å². The number of hydrogen-bond acceptors (Lipinski definition) is 4. The molecule has 7 nitrogen and oxygen atoms in total. The number of alkyl carbamates (subject to hydrolysis) is 1. The Balaban J connectivity index is 1.05. The first kappa shape index (κ1) is 21.9. The lowest BCUT2D eigenvalue weighted by Crippen LogP contribution is -2.42. The van der Waals surface area contributed by atoms with E-state index in [1.807, 2.05) is 24.3 Å². The molecule has 2 fully saturated rings. The number of carbonyl (C=O) groups excluding carboxylic acids is 2. The summed E-state index contributed by atoms with van der Waals surface area (Å²) in [6, 6.07) is 16.4. The van der Waals surface area contributed by atoms with Crippen molar-refractivity contribution in [1.82, 2.24) is 10.2 Å². The Bertz CT molecular complexity index is 1210. The number of hydrogen-bond donors (Lipinski definition) is 2. The van der Waals surface area contributed by atoms with Crippen molar-refractivity contribution in [2.75, 3.05) is 19.7 Å². The maximum atomic E-state index is 13.2. The van der Waals surface area contributed by atoms with Crippen LogP contribution in [0.4, 0.5) is 4.79 Å². The second kappa shape index (κ2) is 8.26. The van der Waals surface area contributed by atoms with Crippen LogP contribution in [0.5, 0.6) is 0 Å². The van der Waals surface area contributed by atoms with E-state index >= 15 is 0 Å². The van der Waals surface area contributed by atoms with Gasteiger partial charge < -0.3 is 20.1 Å². The van der Waals surface area contributed by atoms with Gasteiger partial charge in [-0.05, 0) is 53.9 Å². The van der Waals surface area contributed by atoms with Crippen molar-refractivity contribution < 1.29 is 24.2 Å². The summed E-state index contributed by atoms with van der Waals surface area (Å²) in [5.74, 6) is -0.521. The predicted octanol–water partition coefficient (Wildman–Crippen LogP) is 3.94. The van der Waals surface area contributed by atoms with Crippen molar-refractivity contribution in [3.05, 3.63) is 71.3 Å². The van der Waals surface area contributed by atoms with Crippen molar-refractivity contribution in [2.24, 2.45) is 11.3 Å². The molecule has 3 atom stereocenters. The molecule has 1 aliphatic heterocycles. The largest absolute Gasteiger partial charge is 0.478 e. The van der Waals surface area contributed by atoms with Crippen molar-refractivity contribution >= 4 is 18.0 Å².